The first kappa shape index (κ1) is 22.7. The van der Waals surface area contributed by atoms with Gasteiger partial charge in [-0.3, -0.25) is 9.59 Å². The maximum Gasteiger partial charge on any atom is 0.252 e. The first-order chi connectivity index (χ1) is 10.7. The van der Waals surface area contributed by atoms with Crippen LogP contribution in [-0.2, 0) is 4.79 Å². The van der Waals surface area contributed by atoms with Crippen LogP contribution < -0.4 is 16.0 Å². The number of nitrogens with one attached hydrogen (secondary N) is 3. The molecule has 24 heavy (non-hydrogen) atoms. The van der Waals surface area contributed by atoms with E-state index in [1.807, 2.05) is 27.7 Å². The minimum absolute atomic E-state index is 0. The average Bonchev–Trinajstić information content (AvgIpc) is 2.43. The topological polar surface area (TPSA) is 70.2 Å². The van der Waals surface area contributed by atoms with E-state index in [0.29, 0.717) is 35.8 Å². The molecule has 0 saturated heterocycles. The van der Waals surface area contributed by atoms with Crippen LogP contribution in [0.4, 0.5) is 5.69 Å². The zero-order chi connectivity index (χ0) is 17.5. The lowest BCUT2D eigenvalue weighted by Crippen LogP contribution is -2.32. The molecule has 0 aliphatic heterocycles. The van der Waals surface area contributed by atoms with E-state index in [2.05, 4.69) is 16.0 Å². The van der Waals surface area contributed by atoms with Crippen LogP contribution in [-0.4, -0.2) is 31.4 Å². The van der Waals surface area contributed by atoms with Crippen LogP contribution in [0.3, 0.4) is 0 Å². The predicted molar refractivity (Wildman–Crippen MR) is 102 cm³/mol. The molecule has 0 heterocycles. The van der Waals surface area contributed by atoms with Crippen molar-refractivity contribution in [1.29, 1.82) is 0 Å². The highest BCUT2D eigenvalue weighted by molar-refractivity contribution is 6.34. The second-order valence-corrected chi connectivity index (χ2v) is 7.00. The average molecular weight is 376 g/mol. The first-order valence-corrected chi connectivity index (χ1v) is 8.19. The van der Waals surface area contributed by atoms with Crippen LogP contribution >= 0.6 is 24.0 Å². The molecule has 1 aromatic carbocycles. The second kappa shape index (κ2) is 10.5. The molecule has 0 spiro atoms. The number of carbonyl (C=O) groups is 2. The highest BCUT2D eigenvalue weighted by Crippen LogP contribution is 2.23. The maximum absolute atomic E-state index is 12.2. The van der Waals surface area contributed by atoms with Crippen LogP contribution in [0, 0.1) is 5.41 Å². The van der Waals surface area contributed by atoms with E-state index < -0.39 is 0 Å². The van der Waals surface area contributed by atoms with Gasteiger partial charge in [-0.2, -0.15) is 0 Å². The van der Waals surface area contributed by atoms with Crippen molar-refractivity contribution < 1.29 is 9.59 Å². The van der Waals surface area contributed by atoms with Gasteiger partial charge in [-0.05, 0) is 30.2 Å². The van der Waals surface area contributed by atoms with E-state index >= 15 is 0 Å². The third-order valence-corrected chi connectivity index (χ3v) is 3.35. The number of carbonyl (C=O) groups excluding carboxylic acids is 2. The van der Waals surface area contributed by atoms with Gasteiger partial charge in [-0.25, -0.2) is 0 Å². The molecule has 0 aromatic heterocycles. The van der Waals surface area contributed by atoms with Gasteiger partial charge in [0.15, 0.2) is 0 Å². The second-order valence-electron chi connectivity index (χ2n) is 6.59. The van der Waals surface area contributed by atoms with Crippen molar-refractivity contribution >= 4 is 41.5 Å². The molecule has 7 heteroatoms. The Labute approximate surface area is 155 Å². The highest BCUT2D eigenvalue weighted by atomic mass is 35.5. The van der Waals surface area contributed by atoms with Crippen molar-refractivity contribution in [2.75, 3.05) is 25.0 Å². The number of amides is 2. The van der Waals surface area contributed by atoms with Gasteiger partial charge in [0.05, 0.1) is 10.6 Å². The fourth-order valence-electron chi connectivity index (χ4n) is 2.00. The molecule has 0 unspecified atom stereocenters. The van der Waals surface area contributed by atoms with Crippen molar-refractivity contribution in [1.82, 2.24) is 10.6 Å². The Morgan fingerprint density at radius 2 is 1.83 bits per heavy atom. The predicted octanol–water partition coefficient (Wildman–Crippen LogP) is 3.48. The Morgan fingerprint density at radius 1 is 1.17 bits per heavy atom. The summed E-state index contributed by atoms with van der Waals surface area (Å²) in [6.45, 7) is 10.1. The van der Waals surface area contributed by atoms with E-state index in [1.165, 1.54) is 0 Å². The van der Waals surface area contributed by atoms with Gasteiger partial charge in [-0.1, -0.05) is 39.3 Å². The largest absolute Gasteiger partial charge is 0.351 e. The summed E-state index contributed by atoms with van der Waals surface area (Å²) in [5.41, 5.74) is 0.834. The number of halogens is 2. The van der Waals surface area contributed by atoms with E-state index in [9.17, 15) is 9.59 Å². The van der Waals surface area contributed by atoms with Crippen LogP contribution in [0.25, 0.3) is 0 Å². The van der Waals surface area contributed by atoms with Gasteiger partial charge >= 0.3 is 0 Å². The summed E-state index contributed by atoms with van der Waals surface area (Å²) in [7, 11) is 0. The highest BCUT2D eigenvalue weighted by Gasteiger charge is 2.17. The molecule has 5 nitrogen and oxygen atoms in total. The molecule has 3 N–H and O–H groups in total. The Balaban J connectivity index is 0.00000529. The Bertz CT molecular complexity index is 557. The Morgan fingerprint density at radius 3 is 2.42 bits per heavy atom. The van der Waals surface area contributed by atoms with E-state index in [0.717, 1.165) is 6.54 Å². The van der Waals surface area contributed by atoms with Crippen LogP contribution in [0.1, 0.15) is 44.5 Å². The van der Waals surface area contributed by atoms with Crippen LogP contribution in [0.5, 0.6) is 0 Å². The summed E-state index contributed by atoms with van der Waals surface area (Å²) in [4.78, 5) is 24.1. The normalized spacial score (nSPS) is 10.7. The molecular weight excluding hydrogens is 349 g/mol. The van der Waals surface area contributed by atoms with Crippen molar-refractivity contribution in [2.45, 2.75) is 34.1 Å². The number of anilines is 1. The van der Waals surface area contributed by atoms with Crippen molar-refractivity contribution in [3.63, 3.8) is 0 Å². The lowest BCUT2D eigenvalue weighted by Gasteiger charge is -2.17. The lowest BCUT2D eigenvalue weighted by atomic mass is 9.92. The monoisotopic (exact) mass is 375 g/mol. The zero-order valence-electron chi connectivity index (χ0n) is 14.7. The SMILES string of the molecule is CCNCCNC(=O)c1cc(NC(=O)CC(C)(C)C)ccc1Cl.Cl. The fourth-order valence-corrected chi connectivity index (χ4v) is 2.20. The molecule has 0 atom stereocenters. The van der Waals surface area contributed by atoms with E-state index in [4.69, 9.17) is 11.6 Å². The summed E-state index contributed by atoms with van der Waals surface area (Å²) >= 11 is 6.09. The molecule has 0 aliphatic carbocycles. The minimum Gasteiger partial charge on any atom is -0.351 e. The Hall–Kier alpha value is -1.30. The molecule has 1 rings (SSSR count). The van der Waals surface area contributed by atoms with Gasteiger partial charge in [0, 0.05) is 25.2 Å². The summed E-state index contributed by atoms with van der Waals surface area (Å²) < 4.78 is 0. The maximum atomic E-state index is 12.2. The van der Waals surface area contributed by atoms with Crippen molar-refractivity contribution in [3.05, 3.63) is 28.8 Å². The quantitative estimate of drug-likeness (QED) is 0.638. The lowest BCUT2D eigenvalue weighted by molar-refractivity contribution is -0.117. The summed E-state index contributed by atoms with van der Waals surface area (Å²) in [6.07, 6.45) is 0.403. The van der Waals surface area contributed by atoms with Crippen LogP contribution in [0.2, 0.25) is 5.02 Å². The number of hydrogen-bond donors (Lipinski definition) is 3. The molecule has 136 valence electrons. The summed E-state index contributed by atoms with van der Waals surface area (Å²) in [5.74, 6) is -0.335. The molecule has 0 saturated carbocycles. The van der Waals surface area contributed by atoms with Crippen molar-refractivity contribution in [3.8, 4) is 0 Å². The molecular formula is C17H27Cl2N3O2. The molecule has 0 aliphatic rings. The summed E-state index contributed by atoms with van der Waals surface area (Å²) in [6, 6.07) is 4.91. The third kappa shape index (κ3) is 8.52. The third-order valence-electron chi connectivity index (χ3n) is 3.02. The summed E-state index contributed by atoms with van der Waals surface area (Å²) in [5, 5.41) is 9.09. The van der Waals surface area contributed by atoms with Crippen LogP contribution in [0.15, 0.2) is 18.2 Å². The minimum atomic E-state index is -0.250. The Kier molecular flexibility index (Phi) is 9.97. The zero-order valence-corrected chi connectivity index (χ0v) is 16.2. The number of hydrogen-bond acceptors (Lipinski definition) is 3. The van der Waals surface area contributed by atoms with E-state index in [-0.39, 0.29) is 29.6 Å². The van der Waals surface area contributed by atoms with Gasteiger partial charge in [0.1, 0.15) is 0 Å². The fraction of sp³-hybridized carbons (Fsp3) is 0.529. The van der Waals surface area contributed by atoms with Crippen molar-refractivity contribution in [2.24, 2.45) is 5.41 Å². The molecule has 2 amide bonds. The smallest absolute Gasteiger partial charge is 0.252 e. The number of likely N-dealkylation sites (N-methyl/N-ethyl adjacent to an activating group) is 1. The molecule has 0 bridgehead atoms. The molecule has 0 radical (unpaired) electrons. The van der Waals surface area contributed by atoms with Gasteiger partial charge in [-0.15, -0.1) is 12.4 Å². The molecule has 1 aromatic rings. The van der Waals surface area contributed by atoms with Gasteiger partial charge in [0.2, 0.25) is 5.91 Å². The van der Waals surface area contributed by atoms with E-state index in [1.54, 1.807) is 18.2 Å². The standard InChI is InChI=1S/C17H26ClN3O2.ClH/c1-5-19-8-9-20-16(23)13-10-12(6-7-14(13)18)21-15(22)11-17(2,3)4;/h6-7,10,19H,5,8-9,11H2,1-4H3,(H,20,23)(H,21,22);1H. The number of rotatable bonds is 7. The first-order valence-electron chi connectivity index (χ1n) is 7.81. The molecule has 0 fully saturated rings. The number of benzene rings is 1. The van der Waals surface area contributed by atoms with Gasteiger partial charge in [0.25, 0.3) is 5.91 Å². The van der Waals surface area contributed by atoms with Gasteiger partial charge < -0.3 is 16.0 Å².